The van der Waals surface area contributed by atoms with E-state index in [9.17, 15) is 5.11 Å². The summed E-state index contributed by atoms with van der Waals surface area (Å²) in [7, 11) is 3.35. The molecule has 0 amide bonds. The summed E-state index contributed by atoms with van der Waals surface area (Å²) in [5.74, 6) is 0.593. The van der Waals surface area contributed by atoms with E-state index in [1.54, 1.807) is 25.0 Å². The molecule has 1 N–H and O–H groups in total. The number of halogens is 1. The molecule has 0 aliphatic heterocycles. The van der Waals surface area contributed by atoms with Crippen molar-refractivity contribution in [2.24, 2.45) is 7.05 Å². The quantitative estimate of drug-likeness (QED) is 0.946. The monoisotopic (exact) mass is 302 g/mol. The minimum absolute atomic E-state index is 0.593. The van der Waals surface area contributed by atoms with E-state index in [0.29, 0.717) is 11.4 Å². The van der Waals surface area contributed by atoms with Crippen LogP contribution in [0.3, 0.4) is 0 Å². The van der Waals surface area contributed by atoms with Crippen molar-refractivity contribution in [3.8, 4) is 5.75 Å². The van der Waals surface area contributed by atoms with Crippen molar-refractivity contribution in [2.75, 3.05) is 7.11 Å². The fourth-order valence-electron chi connectivity index (χ4n) is 1.52. The van der Waals surface area contributed by atoms with Crippen LogP contribution in [-0.4, -0.2) is 22.0 Å². The van der Waals surface area contributed by atoms with Crippen LogP contribution in [0.1, 0.15) is 16.7 Å². The second-order valence-electron chi connectivity index (χ2n) is 3.26. The highest BCUT2D eigenvalue weighted by atomic mass is 79.9. The molecule has 0 spiro atoms. The van der Waals surface area contributed by atoms with E-state index in [4.69, 9.17) is 4.74 Å². The Morgan fingerprint density at radius 1 is 1.62 bits per heavy atom. The summed E-state index contributed by atoms with van der Waals surface area (Å²) in [4.78, 5) is 0.849. The fourth-order valence-corrected chi connectivity index (χ4v) is 3.10. The minimum Gasteiger partial charge on any atom is -0.493 e. The first kappa shape index (κ1) is 11.6. The van der Waals surface area contributed by atoms with Gasteiger partial charge in [-0.3, -0.25) is 4.68 Å². The molecule has 16 heavy (non-hydrogen) atoms. The lowest BCUT2D eigenvalue weighted by atomic mass is 10.2. The summed E-state index contributed by atoms with van der Waals surface area (Å²) in [5, 5.41) is 16.3. The minimum atomic E-state index is -0.725. The summed E-state index contributed by atoms with van der Waals surface area (Å²) in [6.07, 6.45) is 0.872. The van der Waals surface area contributed by atoms with Crippen LogP contribution in [0, 0.1) is 0 Å². The molecule has 0 aromatic carbocycles. The second kappa shape index (κ2) is 4.57. The molecule has 1 atom stereocenters. The summed E-state index contributed by atoms with van der Waals surface area (Å²) >= 11 is 4.89. The lowest BCUT2D eigenvalue weighted by Crippen LogP contribution is -2.07. The van der Waals surface area contributed by atoms with Gasteiger partial charge in [-0.15, -0.1) is 11.3 Å². The molecule has 0 fully saturated rings. The lowest BCUT2D eigenvalue weighted by Gasteiger charge is -2.11. The summed E-state index contributed by atoms with van der Waals surface area (Å²) in [6.45, 7) is 0. The van der Waals surface area contributed by atoms with Gasteiger partial charge in [-0.05, 0) is 27.4 Å². The third-order valence-electron chi connectivity index (χ3n) is 2.32. The lowest BCUT2D eigenvalue weighted by molar-refractivity contribution is 0.207. The Hall–Kier alpha value is -0.850. The Bertz CT molecular complexity index is 495. The SMILES string of the molecule is COc1cnn(C)c1C(O)c1sccc1Br. The predicted molar refractivity (Wildman–Crippen MR) is 65.8 cm³/mol. The number of aryl methyl sites for hydroxylation is 1. The number of hydrogen-bond acceptors (Lipinski definition) is 4. The van der Waals surface area contributed by atoms with Crippen molar-refractivity contribution in [3.05, 3.63) is 32.7 Å². The maximum atomic E-state index is 10.3. The zero-order valence-corrected chi connectivity index (χ0v) is 11.2. The second-order valence-corrected chi connectivity index (χ2v) is 5.06. The number of nitrogens with zero attached hydrogens (tertiary/aromatic N) is 2. The number of aliphatic hydroxyl groups is 1. The number of aliphatic hydroxyl groups excluding tert-OH is 1. The van der Waals surface area contributed by atoms with Gasteiger partial charge < -0.3 is 9.84 Å². The molecule has 1 unspecified atom stereocenters. The molecule has 0 saturated heterocycles. The molecule has 0 saturated carbocycles. The van der Waals surface area contributed by atoms with Crippen LogP contribution in [0.5, 0.6) is 5.75 Å². The molecule has 0 bridgehead atoms. The Morgan fingerprint density at radius 2 is 2.38 bits per heavy atom. The molecule has 2 aromatic rings. The van der Waals surface area contributed by atoms with Crippen LogP contribution in [0.15, 0.2) is 22.1 Å². The number of methoxy groups -OCH3 is 1. The van der Waals surface area contributed by atoms with Gasteiger partial charge in [0.2, 0.25) is 0 Å². The third-order valence-corrected chi connectivity index (χ3v) is 4.24. The van der Waals surface area contributed by atoms with Crippen LogP contribution in [-0.2, 0) is 7.05 Å². The fraction of sp³-hybridized carbons (Fsp3) is 0.300. The van der Waals surface area contributed by atoms with Gasteiger partial charge in [0.25, 0.3) is 0 Å². The number of hydrogen-bond donors (Lipinski definition) is 1. The normalized spacial score (nSPS) is 12.8. The maximum absolute atomic E-state index is 10.3. The van der Waals surface area contributed by atoms with Gasteiger partial charge in [0.1, 0.15) is 11.8 Å². The molecule has 2 aromatic heterocycles. The van der Waals surface area contributed by atoms with Crippen LogP contribution >= 0.6 is 27.3 Å². The van der Waals surface area contributed by atoms with E-state index in [-0.39, 0.29) is 0 Å². The number of aromatic nitrogens is 2. The summed E-state index contributed by atoms with van der Waals surface area (Å²) in [5.41, 5.74) is 0.658. The molecular formula is C10H11BrN2O2S. The zero-order valence-electron chi connectivity index (χ0n) is 8.85. The first-order valence-corrected chi connectivity index (χ1v) is 6.29. The summed E-state index contributed by atoms with van der Waals surface area (Å²) < 4.78 is 7.69. The van der Waals surface area contributed by atoms with Crippen molar-refractivity contribution < 1.29 is 9.84 Å². The van der Waals surface area contributed by atoms with Gasteiger partial charge in [0, 0.05) is 11.5 Å². The van der Waals surface area contributed by atoms with Gasteiger partial charge in [0.15, 0.2) is 5.75 Å². The van der Waals surface area contributed by atoms with E-state index in [1.807, 2.05) is 11.4 Å². The van der Waals surface area contributed by atoms with Crippen molar-refractivity contribution >= 4 is 27.3 Å². The molecule has 2 rings (SSSR count). The molecular weight excluding hydrogens is 292 g/mol. The smallest absolute Gasteiger partial charge is 0.163 e. The molecule has 0 aliphatic rings. The largest absolute Gasteiger partial charge is 0.493 e. The molecule has 0 radical (unpaired) electrons. The zero-order chi connectivity index (χ0) is 11.7. The van der Waals surface area contributed by atoms with Crippen LogP contribution in [0.4, 0.5) is 0 Å². The van der Waals surface area contributed by atoms with Gasteiger partial charge >= 0.3 is 0 Å². The highest BCUT2D eigenvalue weighted by Crippen LogP contribution is 2.36. The van der Waals surface area contributed by atoms with Gasteiger partial charge in [-0.1, -0.05) is 0 Å². The Balaban J connectivity index is 2.44. The average Bonchev–Trinajstić information content (AvgIpc) is 2.83. The van der Waals surface area contributed by atoms with Gasteiger partial charge in [0.05, 0.1) is 18.2 Å². The Kier molecular flexibility index (Phi) is 3.32. The maximum Gasteiger partial charge on any atom is 0.163 e. The van der Waals surface area contributed by atoms with Crippen molar-refractivity contribution in [1.29, 1.82) is 0 Å². The highest BCUT2D eigenvalue weighted by molar-refractivity contribution is 9.10. The number of thiophene rings is 1. The van der Waals surface area contributed by atoms with Crippen molar-refractivity contribution in [1.82, 2.24) is 9.78 Å². The highest BCUT2D eigenvalue weighted by Gasteiger charge is 2.22. The van der Waals surface area contributed by atoms with Crippen molar-refractivity contribution in [3.63, 3.8) is 0 Å². The molecule has 6 heteroatoms. The average molecular weight is 303 g/mol. The number of rotatable bonds is 3. The number of ether oxygens (including phenoxy) is 1. The van der Waals surface area contributed by atoms with Gasteiger partial charge in [-0.25, -0.2) is 0 Å². The van der Waals surface area contributed by atoms with E-state index in [1.165, 1.54) is 11.3 Å². The Morgan fingerprint density at radius 3 is 2.94 bits per heavy atom. The van der Waals surface area contributed by atoms with Crippen LogP contribution in [0.25, 0.3) is 0 Å². The molecule has 4 nitrogen and oxygen atoms in total. The standard InChI is InChI=1S/C10H11BrN2O2S/c1-13-8(7(15-2)5-12-13)9(14)10-6(11)3-4-16-10/h3-5,9,14H,1-2H3. The van der Waals surface area contributed by atoms with Crippen LogP contribution < -0.4 is 4.74 Å². The van der Waals surface area contributed by atoms with Crippen LogP contribution in [0.2, 0.25) is 0 Å². The van der Waals surface area contributed by atoms with E-state index >= 15 is 0 Å². The predicted octanol–water partition coefficient (Wildman–Crippen LogP) is 2.33. The van der Waals surface area contributed by atoms with E-state index < -0.39 is 6.10 Å². The molecule has 2 heterocycles. The molecule has 0 aliphatic carbocycles. The topological polar surface area (TPSA) is 47.3 Å². The van der Waals surface area contributed by atoms with Crippen molar-refractivity contribution in [2.45, 2.75) is 6.10 Å². The van der Waals surface area contributed by atoms with E-state index in [0.717, 1.165) is 9.35 Å². The van der Waals surface area contributed by atoms with Gasteiger partial charge in [-0.2, -0.15) is 5.10 Å². The first-order chi connectivity index (χ1) is 7.65. The summed E-state index contributed by atoms with van der Waals surface area (Å²) in [6, 6.07) is 1.91. The first-order valence-electron chi connectivity index (χ1n) is 4.62. The molecule has 86 valence electrons. The van der Waals surface area contributed by atoms with E-state index in [2.05, 4.69) is 21.0 Å². The Labute approximate surface area is 106 Å². The third kappa shape index (κ3) is 1.88.